The number of rotatable bonds is 3. The number of nitrogens with one attached hydrogen (secondary N) is 2. The van der Waals surface area contributed by atoms with Crippen molar-refractivity contribution < 1.29 is 9.59 Å². The molecule has 5 nitrogen and oxygen atoms in total. The summed E-state index contributed by atoms with van der Waals surface area (Å²) in [4.78, 5) is 23.5. The Hall–Kier alpha value is -2.37. The summed E-state index contributed by atoms with van der Waals surface area (Å²) in [5.74, 6) is -1.67. The number of hydrogen-bond acceptors (Lipinski definition) is 3. The highest BCUT2D eigenvalue weighted by Gasteiger charge is 2.13. The van der Waals surface area contributed by atoms with Gasteiger partial charge in [0.15, 0.2) is 0 Å². The fourth-order valence-electron chi connectivity index (χ4n) is 1.82. The van der Waals surface area contributed by atoms with E-state index in [-0.39, 0.29) is 0 Å². The zero-order valence-corrected chi connectivity index (χ0v) is 14.6. The van der Waals surface area contributed by atoms with Crippen molar-refractivity contribution in [2.24, 2.45) is 5.10 Å². The average Bonchev–Trinajstić information content (AvgIpc) is 2.54. The first-order chi connectivity index (χ1) is 11.4. The van der Waals surface area contributed by atoms with Crippen LogP contribution >= 0.6 is 23.2 Å². The van der Waals surface area contributed by atoms with E-state index in [2.05, 4.69) is 15.8 Å². The standard InChI is InChI=1S/C17H15Cl2N3O2/c1-10-3-5-13(7-11(10)2)21-16(23)17(24)22-20-9-12-4-6-14(18)15(19)8-12/h3-9H,1-2H3,(H,21,23)(H,22,24)/b20-9+. The van der Waals surface area contributed by atoms with Crippen LogP contribution in [0.25, 0.3) is 0 Å². The van der Waals surface area contributed by atoms with Gasteiger partial charge in [0, 0.05) is 5.69 Å². The third-order valence-corrected chi connectivity index (χ3v) is 4.03. The summed E-state index contributed by atoms with van der Waals surface area (Å²) >= 11 is 11.7. The molecular formula is C17H15Cl2N3O2. The van der Waals surface area contributed by atoms with Crippen molar-refractivity contribution in [3.8, 4) is 0 Å². The van der Waals surface area contributed by atoms with Crippen molar-refractivity contribution in [3.05, 3.63) is 63.1 Å². The zero-order chi connectivity index (χ0) is 17.7. The maximum atomic E-state index is 11.8. The first-order valence-electron chi connectivity index (χ1n) is 7.03. The van der Waals surface area contributed by atoms with Crippen molar-refractivity contribution in [1.82, 2.24) is 5.43 Å². The van der Waals surface area contributed by atoms with E-state index in [1.54, 1.807) is 30.3 Å². The van der Waals surface area contributed by atoms with Crippen molar-refractivity contribution in [2.45, 2.75) is 13.8 Å². The van der Waals surface area contributed by atoms with Crippen LogP contribution in [0.15, 0.2) is 41.5 Å². The number of amides is 2. The Morgan fingerprint density at radius 1 is 0.958 bits per heavy atom. The molecule has 2 aromatic carbocycles. The van der Waals surface area contributed by atoms with Crippen LogP contribution < -0.4 is 10.7 Å². The van der Waals surface area contributed by atoms with Crippen LogP contribution in [0.2, 0.25) is 10.0 Å². The lowest BCUT2D eigenvalue weighted by Gasteiger charge is -2.06. The monoisotopic (exact) mass is 363 g/mol. The van der Waals surface area contributed by atoms with Gasteiger partial charge in [0.1, 0.15) is 0 Å². The molecule has 0 saturated carbocycles. The van der Waals surface area contributed by atoms with Gasteiger partial charge in [-0.1, -0.05) is 35.3 Å². The summed E-state index contributed by atoms with van der Waals surface area (Å²) in [6, 6.07) is 10.3. The minimum atomic E-state index is -0.871. The SMILES string of the molecule is Cc1ccc(NC(=O)C(=O)N/N=C/c2ccc(Cl)c(Cl)c2)cc1C. The highest BCUT2D eigenvalue weighted by molar-refractivity contribution is 6.42. The quantitative estimate of drug-likeness (QED) is 0.495. The molecule has 124 valence electrons. The van der Waals surface area contributed by atoms with Gasteiger partial charge in [-0.3, -0.25) is 9.59 Å². The summed E-state index contributed by atoms with van der Waals surface area (Å²) in [5.41, 5.74) is 5.46. The zero-order valence-electron chi connectivity index (χ0n) is 13.1. The van der Waals surface area contributed by atoms with E-state index in [4.69, 9.17) is 23.2 Å². The molecule has 0 spiro atoms. The molecule has 0 heterocycles. The van der Waals surface area contributed by atoms with Gasteiger partial charge in [-0.25, -0.2) is 5.43 Å². The molecule has 0 aromatic heterocycles. The molecule has 7 heteroatoms. The average molecular weight is 364 g/mol. The predicted molar refractivity (Wildman–Crippen MR) is 96.7 cm³/mol. The van der Waals surface area contributed by atoms with E-state index in [1.165, 1.54) is 6.21 Å². The number of halogens is 2. The number of anilines is 1. The molecule has 2 N–H and O–H groups in total. The first kappa shape index (κ1) is 18.0. The second-order valence-corrected chi connectivity index (χ2v) is 5.94. The number of carbonyl (C=O) groups excluding carboxylic acids is 2. The molecular weight excluding hydrogens is 349 g/mol. The molecule has 0 aliphatic carbocycles. The topological polar surface area (TPSA) is 70.6 Å². The lowest BCUT2D eigenvalue weighted by Crippen LogP contribution is -2.32. The Balaban J connectivity index is 1.93. The predicted octanol–water partition coefficient (Wildman–Crippen LogP) is 3.70. The van der Waals surface area contributed by atoms with Gasteiger partial charge in [0.05, 0.1) is 16.3 Å². The summed E-state index contributed by atoms with van der Waals surface area (Å²) in [5, 5.41) is 7.03. The fourth-order valence-corrected chi connectivity index (χ4v) is 2.12. The van der Waals surface area contributed by atoms with Crippen molar-refractivity contribution in [3.63, 3.8) is 0 Å². The smallest absolute Gasteiger partial charge is 0.318 e. The van der Waals surface area contributed by atoms with Crippen LogP contribution in [0.4, 0.5) is 5.69 Å². The summed E-state index contributed by atoms with van der Waals surface area (Å²) < 4.78 is 0. The Bertz CT molecular complexity index is 819. The number of nitrogens with zero attached hydrogens (tertiary/aromatic N) is 1. The molecule has 2 amide bonds. The van der Waals surface area contributed by atoms with Gasteiger partial charge < -0.3 is 5.32 Å². The van der Waals surface area contributed by atoms with Crippen molar-refractivity contribution in [2.75, 3.05) is 5.32 Å². The van der Waals surface area contributed by atoms with E-state index in [0.29, 0.717) is 21.3 Å². The van der Waals surface area contributed by atoms with E-state index in [1.807, 2.05) is 19.9 Å². The number of aryl methyl sites for hydroxylation is 2. The number of hydrazone groups is 1. The lowest BCUT2D eigenvalue weighted by atomic mass is 10.1. The number of benzene rings is 2. The Morgan fingerprint density at radius 3 is 2.38 bits per heavy atom. The van der Waals surface area contributed by atoms with E-state index < -0.39 is 11.8 Å². The molecule has 0 atom stereocenters. The van der Waals surface area contributed by atoms with Gasteiger partial charge in [-0.15, -0.1) is 0 Å². The number of hydrogen-bond donors (Lipinski definition) is 2. The van der Waals surface area contributed by atoms with Crippen LogP contribution in [-0.2, 0) is 9.59 Å². The maximum Gasteiger partial charge on any atom is 0.329 e. The Morgan fingerprint density at radius 2 is 1.71 bits per heavy atom. The fraction of sp³-hybridized carbons (Fsp3) is 0.118. The highest BCUT2D eigenvalue weighted by Crippen LogP contribution is 2.21. The second-order valence-electron chi connectivity index (χ2n) is 5.13. The van der Waals surface area contributed by atoms with E-state index in [9.17, 15) is 9.59 Å². The molecule has 0 saturated heterocycles. The normalized spacial score (nSPS) is 10.7. The largest absolute Gasteiger partial charge is 0.329 e. The van der Waals surface area contributed by atoms with E-state index >= 15 is 0 Å². The van der Waals surface area contributed by atoms with Crippen molar-refractivity contribution >= 4 is 46.9 Å². The number of carbonyl (C=O) groups is 2. The van der Waals surface area contributed by atoms with Crippen LogP contribution in [0, 0.1) is 13.8 Å². The van der Waals surface area contributed by atoms with Gasteiger partial charge in [-0.2, -0.15) is 5.10 Å². The molecule has 0 radical (unpaired) electrons. The van der Waals surface area contributed by atoms with Crippen molar-refractivity contribution in [1.29, 1.82) is 0 Å². The van der Waals surface area contributed by atoms with Gasteiger partial charge in [-0.05, 0) is 54.8 Å². The molecule has 2 rings (SSSR count). The minimum absolute atomic E-state index is 0.374. The summed E-state index contributed by atoms with van der Waals surface area (Å²) in [7, 11) is 0. The second kappa shape index (κ2) is 7.95. The van der Waals surface area contributed by atoms with Crippen LogP contribution in [0.5, 0.6) is 0 Å². The van der Waals surface area contributed by atoms with Crippen LogP contribution in [-0.4, -0.2) is 18.0 Å². The van der Waals surface area contributed by atoms with Crippen LogP contribution in [0.3, 0.4) is 0 Å². The molecule has 0 aliphatic heterocycles. The van der Waals surface area contributed by atoms with E-state index in [0.717, 1.165) is 11.1 Å². The summed E-state index contributed by atoms with van der Waals surface area (Å²) in [6.07, 6.45) is 1.36. The van der Waals surface area contributed by atoms with Gasteiger partial charge in [0.25, 0.3) is 0 Å². The molecule has 2 aromatic rings. The van der Waals surface area contributed by atoms with Crippen LogP contribution in [0.1, 0.15) is 16.7 Å². The third-order valence-electron chi connectivity index (χ3n) is 3.29. The maximum absolute atomic E-state index is 11.8. The molecule has 0 bridgehead atoms. The minimum Gasteiger partial charge on any atom is -0.318 e. The molecule has 0 unspecified atom stereocenters. The van der Waals surface area contributed by atoms with Gasteiger partial charge >= 0.3 is 11.8 Å². The Kier molecular flexibility index (Phi) is 5.95. The third kappa shape index (κ3) is 4.81. The molecule has 24 heavy (non-hydrogen) atoms. The highest BCUT2D eigenvalue weighted by atomic mass is 35.5. The summed E-state index contributed by atoms with van der Waals surface area (Å²) in [6.45, 7) is 3.89. The molecule has 0 fully saturated rings. The molecule has 0 aliphatic rings. The first-order valence-corrected chi connectivity index (χ1v) is 7.79. The Labute approximate surface area is 149 Å². The lowest BCUT2D eigenvalue weighted by molar-refractivity contribution is -0.136. The van der Waals surface area contributed by atoms with Gasteiger partial charge in [0.2, 0.25) is 0 Å².